The Morgan fingerprint density at radius 3 is 2.48 bits per heavy atom. The van der Waals surface area contributed by atoms with Crippen LogP contribution in [0.2, 0.25) is 5.02 Å². The van der Waals surface area contributed by atoms with Crippen molar-refractivity contribution in [2.75, 3.05) is 31.1 Å². The summed E-state index contributed by atoms with van der Waals surface area (Å²) in [4.78, 5) is 20.8. The van der Waals surface area contributed by atoms with Gasteiger partial charge < -0.3 is 9.80 Å². The standard InChI is InChI=1S/C18H20ClN3O/c1-14-13-20-7-6-17(14)21-8-10-22(11-9-21)18(23)12-15-2-4-16(19)5-3-15/h2-7,13H,8-12H2,1H3. The van der Waals surface area contributed by atoms with Crippen LogP contribution < -0.4 is 4.90 Å². The van der Waals surface area contributed by atoms with Crippen LogP contribution in [0.25, 0.3) is 0 Å². The molecule has 0 unspecified atom stereocenters. The van der Waals surface area contributed by atoms with E-state index >= 15 is 0 Å². The van der Waals surface area contributed by atoms with Crippen LogP contribution in [0.15, 0.2) is 42.7 Å². The molecule has 0 atom stereocenters. The first-order valence-corrected chi connectivity index (χ1v) is 8.19. The molecule has 0 saturated carbocycles. The fraction of sp³-hybridized carbons (Fsp3) is 0.333. The zero-order valence-electron chi connectivity index (χ0n) is 13.2. The number of pyridine rings is 1. The van der Waals surface area contributed by atoms with Crippen LogP contribution >= 0.6 is 11.6 Å². The first kappa shape index (κ1) is 15.8. The Morgan fingerprint density at radius 1 is 1.13 bits per heavy atom. The average molecular weight is 330 g/mol. The van der Waals surface area contributed by atoms with E-state index in [0.717, 1.165) is 31.7 Å². The molecule has 1 fully saturated rings. The minimum absolute atomic E-state index is 0.179. The first-order chi connectivity index (χ1) is 11.1. The highest BCUT2D eigenvalue weighted by Crippen LogP contribution is 2.20. The molecule has 1 aromatic heterocycles. The highest BCUT2D eigenvalue weighted by molar-refractivity contribution is 6.30. The normalized spacial score (nSPS) is 14.9. The van der Waals surface area contributed by atoms with Crippen molar-refractivity contribution in [3.8, 4) is 0 Å². The summed E-state index contributed by atoms with van der Waals surface area (Å²) in [6.07, 6.45) is 4.14. The molecule has 1 aromatic carbocycles. The van der Waals surface area contributed by atoms with E-state index in [0.29, 0.717) is 11.4 Å². The van der Waals surface area contributed by atoms with Crippen molar-refractivity contribution in [2.24, 2.45) is 0 Å². The number of hydrogen-bond donors (Lipinski definition) is 0. The highest BCUT2D eigenvalue weighted by atomic mass is 35.5. The van der Waals surface area contributed by atoms with Crippen LogP contribution in [0.3, 0.4) is 0 Å². The number of aryl methyl sites for hydroxylation is 1. The number of nitrogens with zero attached hydrogens (tertiary/aromatic N) is 3. The molecular formula is C18H20ClN3O. The molecule has 1 amide bonds. The molecule has 1 saturated heterocycles. The maximum atomic E-state index is 12.4. The largest absolute Gasteiger partial charge is 0.368 e. The van der Waals surface area contributed by atoms with Crippen LogP contribution in [0.4, 0.5) is 5.69 Å². The molecule has 3 rings (SSSR count). The minimum atomic E-state index is 0.179. The van der Waals surface area contributed by atoms with Gasteiger partial charge in [-0.05, 0) is 36.2 Å². The fourth-order valence-corrected chi connectivity index (χ4v) is 3.03. The van der Waals surface area contributed by atoms with Crippen LogP contribution in [-0.2, 0) is 11.2 Å². The van der Waals surface area contributed by atoms with Crippen LogP contribution in [0.5, 0.6) is 0 Å². The molecule has 23 heavy (non-hydrogen) atoms. The second-order valence-electron chi connectivity index (χ2n) is 5.83. The maximum Gasteiger partial charge on any atom is 0.227 e. The van der Waals surface area contributed by atoms with Gasteiger partial charge in [-0.1, -0.05) is 23.7 Å². The Morgan fingerprint density at radius 2 is 1.83 bits per heavy atom. The summed E-state index contributed by atoms with van der Waals surface area (Å²) in [5.74, 6) is 0.179. The second-order valence-corrected chi connectivity index (χ2v) is 6.27. The van der Waals surface area contributed by atoms with Crippen LogP contribution in [0.1, 0.15) is 11.1 Å². The Balaban J connectivity index is 1.57. The lowest BCUT2D eigenvalue weighted by Crippen LogP contribution is -2.49. The summed E-state index contributed by atoms with van der Waals surface area (Å²) in [6.45, 7) is 5.30. The van der Waals surface area contributed by atoms with E-state index in [9.17, 15) is 4.79 Å². The van der Waals surface area contributed by atoms with Gasteiger partial charge in [0.1, 0.15) is 0 Å². The Labute approximate surface area is 141 Å². The summed E-state index contributed by atoms with van der Waals surface area (Å²) in [5, 5.41) is 0.697. The summed E-state index contributed by atoms with van der Waals surface area (Å²) >= 11 is 5.88. The molecule has 0 spiro atoms. The molecule has 5 heteroatoms. The quantitative estimate of drug-likeness (QED) is 0.868. The van der Waals surface area contributed by atoms with E-state index in [1.807, 2.05) is 47.6 Å². The van der Waals surface area contributed by atoms with Crippen LogP contribution in [0, 0.1) is 6.92 Å². The van der Waals surface area contributed by atoms with Crippen molar-refractivity contribution in [1.82, 2.24) is 9.88 Å². The van der Waals surface area contributed by atoms with Gasteiger partial charge >= 0.3 is 0 Å². The molecule has 2 aromatic rings. The summed E-state index contributed by atoms with van der Waals surface area (Å²) < 4.78 is 0. The molecular weight excluding hydrogens is 310 g/mol. The SMILES string of the molecule is Cc1cnccc1N1CCN(C(=O)Cc2ccc(Cl)cc2)CC1. The molecule has 120 valence electrons. The summed E-state index contributed by atoms with van der Waals surface area (Å²) in [7, 11) is 0. The van der Waals surface area contributed by atoms with Crippen molar-refractivity contribution in [1.29, 1.82) is 0 Å². The predicted molar refractivity (Wildman–Crippen MR) is 92.9 cm³/mol. The topological polar surface area (TPSA) is 36.4 Å². The smallest absolute Gasteiger partial charge is 0.227 e. The lowest BCUT2D eigenvalue weighted by atomic mass is 10.1. The summed E-state index contributed by atoms with van der Waals surface area (Å²) in [5.41, 5.74) is 3.39. The third kappa shape index (κ3) is 3.82. The Kier molecular flexibility index (Phi) is 4.82. The van der Waals surface area contributed by atoms with E-state index in [4.69, 9.17) is 11.6 Å². The summed E-state index contributed by atoms with van der Waals surface area (Å²) in [6, 6.07) is 9.52. The Bertz CT molecular complexity index is 679. The number of benzene rings is 1. The van der Waals surface area contributed by atoms with Gasteiger partial charge in [0.25, 0.3) is 0 Å². The van der Waals surface area contributed by atoms with Gasteiger partial charge in [-0.3, -0.25) is 9.78 Å². The lowest BCUT2D eigenvalue weighted by molar-refractivity contribution is -0.130. The molecule has 1 aliphatic heterocycles. The fourth-order valence-electron chi connectivity index (χ4n) is 2.91. The molecule has 0 radical (unpaired) electrons. The van der Waals surface area contributed by atoms with Gasteiger partial charge in [-0.2, -0.15) is 0 Å². The van der Waals surface area contributed by atoms with Gasteiger partial charge in [0.15, 0.2) is 0 Å². The first-order valence-electron chi connectivity index (χ1n) is 7.81. The number of piperazine rings is 1. The van der Waals surface area contributed by atoms with Gasteiger partial charge in [-0.15, -0.1) is 0 Å². The zero-order valence-corrected chi connectivity index (χ0v) is 14.0. The van der Waals surface area contributed by atoms with Crippen molar-refractivity contribution in [3.05, 3.63) is 58.9 Å². The molecule has 4 nitrogen and oxygen atoms in total. The number of carbonyl (C=O) groups is 1. The van der Waals surface area contributed by atoms with Crippen LogP contribution in [-0.4, -0.2) is 42.0 Å². The number of halogens is 1. The lowest BCUT2D eigenvalue weighted by Gasteiger charge is -2.36. The van der Waals surface area contributed by atoms with E-state index in [1.165, 1.54) is 11.3 Å². The van der Waals surface area contributed by atoms with Gasteiger partial charge in [0.2, 0.25) is 5.91 Å². The average Bonchev–Trinajstić information content (AvgIpc) is 2.57. The van der Waals surface area contributed by atoms with Crippen molar-refractivity contribution in [3.63, 3.8) is 0 Å². The molecule has 1 aliphatic rings. The number of amides is 1. The molecule has 0 bridgehead atoms. The zero-order chi connectivity index (χ0) is 16.2. The number of carbonyl (C=O) groups excluding carboxylic acids is 1. The molecule has 2 heterocycles. The van der Waals surface area contributed by atoms with E-state index in [2.05, 4.69) is 16.8 Å². The minimum Gasteiger partial charge on any atom is -0.368 e. The number of aromatic nitrogens is 1. The maximum absolute atomic E-state index is 12.4. The van der Waals surface area contributed by atoms with Gasteiger partial charge in [-0.25, -0.2) is 0 Å². The van der Waals surface area contributed by atoms with E-state index in [-0.39, 0.29) is 5.91 Å². The third-order valence-corrected chi connectivity index (χ3v) is 4.48. The number of rotatable bonds is 3. The monoisotopic (exact) mass is 329 g/mol. The highest BCUT2D eigenvalue weighted by Gasteiger charge is 2.22. The van der Waals surface area contributed by atoms with Gasteiger partial charge in [0, 0.05) is 49.3 Å². The number of hydrogen-bond acceptors (Lipinski definition) is 3. The predicted octanol–water partition coefficient (Wildman–Crippen LogP) is 2.93. The van der Waals surface area contributed by atoms with Crippen molar-refractivity contribution >= 4 is 23.2 Å². The Hall–Kier alpha value is -2.07. The number of anilines is 1. The molecule has 0 aliphatic carbocycles. The third-order valence-electron chi connectivity index (χ3n) is 4.23. The van der Waals surface area contributed by atoms with Gasteiger partial charge in [0.05, 0.1) is 6.42 Å². The molecule has 0 N–H and O–H groups in total. The van der Waals surface area contributed by atoms with Crippen molar-refractivity contribution in [2.45, 2.75) is 13.3 Å². The second kappa shape index (κ2) is 7.01. The van der Waals surface area contributed by atoms with E-state index < -0.39 is 0 Å². The van der Waals surface area contributed by atoms with Crippen molar-refractivity contribution < 1.29 is 4.79 Å². The van der Waals surface area contributed by atoms with E-state index in [1.54, 1.807) is 0 Å².